The van der Waals surface area contributed by atoms with E-state index in [1.54, 1.807) is 0 Å². The van der Waals surface area contributed by atoms with Crippen LogP contribution in [0.4, 0.5) is 0 Å². The fourth-order valence-corrected chi connectivity index (χ4v) is 3.33. The third-order valence-corrected chi connectivity index (χ3v) is 4.57. The van der Waals surface area contributed by atoms with E-state index in [4.69, 9.17) is 18.0 Å². The van der Waals surface area contributed by atoms with E-state index < -0.39 is 0 Å². The largest absolute Gasteiger partial charge is 0.330 e. The summed E-state index contributed by atoms with van der Waals surface area (Å²) in [7, 11) is 0. The fourth-order valence-electron chi connectivity index (χ4n) is 2.62. The Balaban J connectivity index is 2.10. The number of nitrogens with one attached hydrogen (secondary N) is 1. The number of hydrogen-bond donors (Lipinski definition) is 2. The standard InChI is InChI=1S/C11H19N3S2/c12-8-11(5-3-1-2-4-6-11)7-9-13-10(15)16-14-9/h1-8,12H2,(H,13,14,15). The summed E-state index contributed by atoms with van der Waals surface area (Å²) in [5.74, 6) is 1.03. The molecule has 0 saturated heterocycles. The van der Waals surface area contributed by atoms with Gasteiger partial charge in [0.1, 0.15) is 5.82 Å². The number of H-pyrrole nitrogens is 1. The molecule has 90 valence electrons. The fraction of sp³-hybridized carbons (Fsp3) is 0.818. The van der Waals surface area contributed by atoms with E-state index in [1.165, 1.54) is 50.1 Å². The third-order valence-electron chi connectivity index (χ3n) is 3.62. The first kappa shape index (κ1) is 12.2. The van der Waals surface area contributed by atoms with Gasteiger partial charge in [-0.1, -0.05) is 25.7 Å². The van der Waals surface area contributed by atoms with E-state index in [1.807, 2.05) is 0 Å². The topological polar surface area (TPSA) is 54.7 Å². The van der Waals surface area contributed by atoms with Crippen LogP contribution >= 0.6 is 23.8 Å². The molecule has 0 unspecified atom stereocenters. The molecule has 0 spiro atoms. The van der Waals surface area contributed by atoms with Crippen LogP contribution in [0.25, 0.3) is 0 Å². The van der Waals surface area contributed by atoms with E-state index in [0.29, 0.717) is 3.95 Å². The van der Waals surface area contributed by atoms with Gasteiger partial charge >= 0.3 is 0 Å². The quantitative estimate of drug-likeness (QED) is 0.646. The molecule has 0 aromatic carbocycles. The number of aromatic nitrogens is 2. The van der Waals surface area contributed by atoms with Gasteiger partial charge in [-0.15, -0.1) is 0 Å². The summed E-state index contributed by atoms with van der Waals surface area (Å²) in [5, 5.41) is 0. The van der Waals surface area contributed by atoms with E-state index >= 15 is 0 Å². The van der Waals surface area contributed by atoms with Crippen molar-refractivity contribution in [3.8, 4) is 0 Å². The highest BCUT2D eigenvalue weighted by Gasteiger charge is 2.30. The maximum atomic E-state index is 6.00. The Labute approximate surface area is 106 Å². The minimum absolute atomic E-state index is 0.267. The smallest absolute Gasteiger partial charge is 0.198 e. The van der Waals surface area contributed by atoms with Crippen molar-refractivity contribution in [3.63, 3.8) is 0 Å². The average molecular weight is 257 g/mol. The second kappa shape index (κ2) is 5.38. The zero-order chi connectivity index (χ0) is 11.4. The van der Waals surface area contributed by atoms with Crippen molar-refractivity contribution in [2.45, 2.75) is 44.9 Å². The summed E-state index contributed by atoms with van der Waals surface area (Å²) in [5.41, 5.74) is 6.26. The second-order valence-corrected chi connectivity index (χ2v) is 6.26. The van der Waals surface area contributed by atoms with Crippen molar-refractivity contribution in [2.75, 3.05) is 6.54 Å². The maximum absolute atomic E-state index is 6.00. The highest BCUT2D eigenvalue weighted by atomic mass is 32.2. The molecule has 1 fully saturated rings. The van der Waals surface area contributed by atoms with Gasteiger partial charge in [-0.3, -0.25) is 4.37 Å². The predicted octanol–water partition coefficient (Wildman–Crippen LogP) is 3.04. The number of nitrogens with zero attached hydrogens (tertiary/aromatic N) is 1. The average Bonchev–Trinajstić information content (AvgIpc) is 2.54. The predicted molar refractivity (Wildman–Crippen MR) is 70.2 cm³/mol. The van der Waals surface area contributed by atoms with Gasteiger partial charge in [-0.25, -0.2) is 4.98 Å². The van der Waals surface area contributed by atoms with Gasteiger partial charge in [-0.05, 0) is 48.6 Å². The van der Waals surface area contributed by atoms with Gasteiger partial charge < -0.3 is 5.73 Å². The Bertz CT molecular complexity index is 375. The first-order chi connectivity index (χ1) is 7.74. The molecule has 1 aromatic rings. The van der Waals surface area contributed by atoms with Crippen LogP contribution < -0.4 is 5.73 Å². The number of nitrogens with two attached hydrogens (primary N) is 1. The normalized spacial score (nSPS) is 20.6. The van der Waals surface area contributed by atoms with Gasteiger partial charge in [0.05, 0.1) is 0 Å². The molecule has 3 nitrogen and oxygen atoms in total. The van der Waals surface area contributed by atoms with Crippen molar-refractivity contribution in [1.82, 2.24) is 9.36 Å². The molecule has 1 heterocycles. The van der Waals surface area contributed by atoms with Crippen molar-refractivity contribution in [2.24, 2.45) is 11.1 Å². The molecule has 0 bridgehead atoms. The number of aromatic amines is 1. The van der Waals surface area contributed by atoms with Crippen molar-refractivity contribution in [1.29, 1.82) is 0 Å². The lowest BCUT2D eigenvalue weighted by Gasteiger charge is -2.30. The highest BCUT2D eigenvalue weighted by molar-refractivity contribution is 7.73. The molecule has 0 amide bonds. The molecular formula is C11H19N3S2. The van der Waals surface area contributed by atoms with E-state index in [-0.39, 0.29) is 5.41 Å². The van der Waals surface area contributed by atoms with Crippen LogP contribution in [0.15, 0.2) is 0 Å². The van der Waals surface area contributed by atoms with Gasteiger partial charge in [0.2, 0.25) is 0 Å². The number of hydrogen-bond acceptors (Lipinski definition) is 4. The monoisotopic (exact) mass is 257 g/mol. The molecule has 0 atom stereocenters. The summed E-state index contributed by atoms with van der Waals surface area (Å²) in [6.07, 6.45) is 8.77. The van der Waals surface area contributed by atoms with Gasteiger partial charge in [0.15, 0.2) is 3.95 Å². The van der Waals surface area contributed by atoms with Crippen molar-refractivity contribution < 1.29 is 0 Å². The van der Waals surface area contributed by atoms with E-state index in [2.05, 4.69) is 9.36 Å². The Hall–Kier alpha value is -0.260. The number of rotatable bonds is 3. The molecule has 1 aliphatic rings. The van der Waals surface area contributed by atoms with Gasteiger partial charge in [0, 0.05) is 6.42 Å². The van der Waals surface area contributed by atoms with Crippen LogP contribution in [-0.4, -0.2) is 15.9 Å². The molecule has 0 aliphatic heterocycles. The minimum Gasteiger partial charge on any atom is -0.330 e. The molecule has 1 aliphatic carbocycles. The molecule has 3 N–H and O–H groups in total. The Morgan fingerprint density at radius 3 is 2.50 bits per heavy atom. The first-order valence-electron chi connectivity index (χ1n) is 5.99. The summed E-state index contributed by atoms with van der Waals surface area (Å²) < 4.78 is 3.91. The molecule has 1 aromatic heterocycles. The SMILES string of the molecule is NCC1(Cc2nc(=S)s[nH]2)CCCCCC1. The molecular weight excluding hydrogens is 238 g/mol. The van der Waals surface area contributed by atoms with Gasteiger partial charge in [-0.2, -0.15) is 0 Å². The third kappa shape index (κ3) is 2.90. The van der Waals surface area contributed by atoms with Crippen LogP contribution in [0.3, 0.4) is 0 Å². The second-order valence-electron chi connectivity index (χ2n) is 4.82. The molecule has 1 saturated carbocycles. The Kier molecular flexibility index (Phi) is 4.10. The van der Waals surface area contributed by atoms with Crippen molar-refractivity contribution >= 4 is 23.8 Å². The molecule has 16 heavy (non-hydrogen) atoms. The van der Waals surface area contributed by atoms with Crippen molar-refractivity contribution in [3.05, 3.63) is 9.78 Å². The molecule has 2 rings (SSSR count). The molecule has 0 radical (unpaired) electrons. The van der Waals surface area contributed by atoms with E-state index in [9.17, 15) is 0 Å². The first-order valence-corrected chi connectivity index (χ1v) is 7.21. The van der Waals surface area contributed by atoms with Crippen LogP contribution in [0, 0.1) is 9.37 Å². The Morgan fingerprint density at radius 1 is 1.31 bits per heavy atom. The van der Waals surface area contributed by atoms with Crippen LogP contribution in [0.5, 0.6) is 0 Å². The molecule has 5 heteroatoms. The zero-order valence-electron chi connectivity index (χ0n) is 9.50. The van der Waals surface area contributed by atoms with Crippen LogP contribution in [0.1, 0.15) is 44.3 Å². The lowest BCUT2D eigenvalue weighted by molar-refractivity contribution is 0.248. The minimum atomic E-state index is 0.267. The summed E-state index contributed by atoms with van der Waals surface area (Å²) in [6, 6.07) is 0. The van der Waals surface area contributed by atoms with Crippen LogP contribution in [-0.2, 0) is 6.42 Å². The zero-order valence-corrected chi connectivity index (χ0v) is 11.1. The highest BCUT2D eigenvalue weighted by Crippen LogP contribution is 2.36. The Morgan fingerprint density at radius 2 is 2.00 bits per heavy atom. The summed E-state index contributed by atoms with van der Waals surface area (Å²) in [4.78, 5) is 4.35. The summed E-state index contributed by atoms with van der Waals surface area (Å²) >= 11 is 6.49. The van der Waals surface area contributed by atoms with Gasteiger partial charge in [0.25, 0.3) is 0 Å². The lowest BCUT2D eigenvalue weighted by Crippen LogP contribution is -2.32. The van der Waals surface area contributed by atoms with Crippen LogP contribution in [0.2, 0.25) is 0 Å². The maximum Gasteiger partial charge on any atom is 0.198 e. The lowest BCUT2D eigenvalue weighted by atomic mass is 9.77. The summed E-state index contributed by atoms with van der Waals surface area (Å²) in [6.45, 7) is 0.769. The van der Waals surface area contributed by atoms with E-state index in [0.717, 1.165) is 18.8 Å².